The monoisotopic (exact) mass is 245 g/mol. The molecule has 0 spiro atoms. The maximum atomic E-state index is 5.79. The molecule has 4 nitrogen and oxygen atoms in total. The molecule has 0 saturated carbocycles. The summed E-state index contributed by atoms with van der Waals surface area (Å²) < 4.78 is 5.68. The molecule has 0 saturated heterocycles. The number of hydrogen-bond acceptors (Lipinski definition) is 2. The number of rotatable bonds is 3. The minimum atomic E-state index is 0.288. The van der Waals surface area contributed by atoms with Crippen LogP contribution in [0.5, 0.6) is 0 Å². The molecule has 96 valence electrons. The summed E-state index contributed by atoms with van der Waals surface area (Å²) in [4.78, 5) is 4.34. The van der Waals surface area contributed by atoms with Gasteiger partial charge in [0.2, 0.25) is 0 Å². The first-order valence-corrected chi connectivity index (χ1v) is 6.11. The lowest BCUT2D eigenvalue weighted by Gasteiger charge is -2.08. The molecule has 18 heavy (non-hydrogen) atoms. The Balaban J connectivity index is 2.24. The molecule has 0 atom stereocenters. The van der Waals surface area contributed by atoms with Gasteiger partial charge in [-0.2, -0.15) is 0 Å². The summed E-state index contributed by atoms with van der Waals surface area (Å²) in [6.45, 7) is 6.55. The van der Waals surface area contributed by atoms with Crippen molar-refractivity contribution in [2.75, 3.05) is 0 Å². The Morgan fingerprint density at radius 1 is 1.39 bits per heavy atom. The third-order valence-corrected chi connectivity index (χ3v) is 2.74. The number of furan rings is 1. The number of aryl methyl sites for hydroxylation is 1. The molecule has 0 aliphatic heterocycles. The van der Waals surface area contributed by atoms with Crippen molar-refractivity contribution in [1.29, 1.82) is 0 Å². The maximum Gasteiger partial charge on any atom is 0.189 e. The molecule has 0 fully saturated rings. The Morgan fingerprint density at radius 3 is 2.83 bits per heavy atom. The number of nitrogens with one attached hydrogen (secondary N) is 1. The number of aliphatic imine (C=N–C) groups is 1. The first-order chi connectivity index (χ1) is 8.58. The van der Waals surface area contributed by atoms with Gasteiger partial charge in [0.15, 0.2) is 5.96 Å². The minimum Gasteiger partial charge on any atom is -0.461 e. The Hall–Kier alpha value is -1.97. The first kappa shape index (κ1) is 12.5. The lowest BCUT2D eigenvalue weighted by molar-refractivity contribution is 0.572. The zero-order valence-electron chi connectivity index (χ0n) is 11.0. The summed E-state index contributed by atoms with van der Waals surface area (Å²) in [6.07, 6.45) is 0. The van der Waals surface area contributed by atoms with Crippen molar-refractivity contribution in [3.8, 4) is 0 Å². The molecule has 4 heteroatoms. The van der Waals surface area contributed by atoms with E-state index < -0.39 is 0 Å². The van der Waals surface area contributed by atoms with Crippen molar-refractivity contribution >= 4 is 16.9 Å². The molecule has 0 aliphatic carbocycles. The van der Waals surface area contributed by atoms with Crippen LogP contribution in [0.15, 0.2) is 33.7 Å². The van der Waals surface area contributed by atoms with Gasteiger partial charge in [-0.05, 0) is 26.8 Å². The smallest absolute Gasteiger partial charge is 0.189 e. The van der Waals surface area contributed by atoms with Crippen LogP contribution in [0, 0.1) is 6.92 Å². The fraction of sp³-hybridized carbons (Fsp3) is 0.357. The van der Waals surface area contributed by atoms with E-state index in [4.69, 9.17) is 10.2 Å². The lowest BCUT2D eigenvalue weighted by Crippen LogP contribution is -2.36. The van der Waals surface area contributed by atoms with Gasteiger partial charge in [0, 0.05) is 17.0 Å². The van der Waals surface area contributed by atoms with Crippen LogP contribution in [0.4, 0.5) is 0 Å². The van der Waals surface area contributed by atoms with Gasteiger partial charge in [-0.25, -0.2) is 4.99 Å². The third-order valence-electron chi connectivity index (χ3n) is 2.74. The normalized spacial score (nSPS) is 12.3. The van der Waals surface area contributed by atoms with Crippen molar-refractivity contribution in [3.63, 3.8) is 0 Å². The number of nitrogens with zero attached hydrogens (tertiary/aromatic N) is 1. The maximum absolute atomic E-state index is 5.79. The van der Waals surface area contributed by atoms with Crippen molar-refractivity contribution in [2.45, 2.75) is 33.4 Å². The van der Waals surface area contributed by atoms with Crippen LogP contribution in [0.25, 0.3) is 11.0 Å². The number of fused-ring (bicyclic) bond motifs is 1. The second-order valence-electron chi connectivity index (χ2n) is 4.63. The quantitative estimate of drug-likeness (QED) is 0.645. The van der Waals surface area contributed by atoms with Gasteiger partial charge in [-0.15, -0.1) is 0 Å². The summed E-state index contributed by atoms with van der Waals surface area (Å²) in [6, 6.07) is 8.26. The SMILES string of the molecule is Cc1oc2ccccc2c1CN=C(N)NC(C)C. The molecule has 0 unspecified atom stereocenters. The van der Waals surface area contributed by atoms with E-state index in [1.807, 2.05) is 45.0 Å². The van der Waals surface area contributed by atoms with Crippen LogP contribution < -0.4 is 11.1 Å². The highest BCUT2D eigenvalue weighted by Gasteiger charge is 2.09. The van der Waals surface area contributed by atoms with E-state index in [-0.39, 0.29) is 6.04 Å². The van der Waals surface area contributed by atoms with E-state index >= 15 is 0 Å². The van der Waals surface area contributed by atoms with Crippen LogP contribution in [0.3, 0.4) is 0 Å². The molecule has 1 aromatic carbocycles. The van der Waals surface area contributed by atoms with Gasteiger partial charge in [-0.3, -0.25) is 0 Å². The van der Waals surface area contributed by atoms with E-state index in [2.05, 4.69) is 10.3 Å². The summed E-state index contributed by atoms with van der Waals surface area (Å²) >= 11 is 0. The van der Waals surface area contributed by atoms with Crippen molar-refractivity contribution in [2.24, 2.45) is 10.7 Å². The number of hydrogen-bond donors (Lipinski definition) is 2. The average molecular weight is 245 g/mol. The van der Waals surface area contributed by atoms with Crippen LogP contribution in [-0.2, 0) is 6.54 Å². The van der Waals surface area contributed by atoms with Crippen LogP contribution in [0.2, 0.25) is 0 Å². The Labute approximate surface area is 107 Å². The van der Waals surface area contributed by atoms with E-state index in [0.717, 1.165) is 22.3 Å². The molecular formula is C14H19N3O. The van der Waals surface area contributed by atoms with Crippen LogP contribution >= 0.6 is 0 Å². The number of benzene rings is 1. The van der Waals surface area contributed by atoms with Crippen molar-refractivity contribution in [3.05, 3.63) is 35.6 Å². The lowest BCUT2D eigenvalue weighted by atomic mass is 10.1. The predicted octanol–water partition coefficient (Wildman–Crippen LogP) is 2.55. The molecule has 0 bridgehead atoms. The van der Waals surface area contributed by atoms with E-state index in [1.165, 1.54) is 0 Å². The Kier molecular flexibility index (Phi) is 3.55. The highest BCUT2D eigenvalue weighted by molar-refractivity contribution is 5.83. The fourth-order valence-electron chi connectivity index (χ4n) is 1.92. The third kappa shape index (κ3) is 2.64. The number of nitrogens with two attached hydrogens (primary N) is 1. The highest BCUT2D eigenvalue weighted by Crippen LogP contribution is 2.25. The molecule has 3 N–H and O–H groups in total. The van der Waals surface area contributed by atoms with Crippen molar-refractivity contribution < 1.29 is 4.42 Å². The van der Waals surface area contributed by atoms with Crippen molar-refractivity contribution in [1.82, 2.24) is 5.32 Å². The van der Waals surface area contributed by atoms with E-state index in [9.17, 15) is 0 Å². The molecule has 1 heterocycles. The molecular weight excluding hydrogens is 226 g/mol. The van der Waals surface area contributed by atoms with Crippen LogP contribution in [-0.4, -0.2) is 12.0 Å². The molecule has 0 amide bonds. The molecule has 2 rings (SSSR count). The number of guanidine groups is 1. The van der Waals surface area contributed by atoms with Gasteiger partial charge < -0.3 is 15.5 Å². The highest BCUT2D eigenvalue weighted by atomic mass is 16.3. The van der Waals surface area contributed by atoms with Gasteiger partial charge in [0.25, 0.3) is 0 Å². The second kappa shape index (κ2) is 5.12. The predicted molar refractivity (Wildman–Crippen MR) is 74.5 cm³/mol. The summed E-state index contributed by atoms with van der Waals surface area (Å²) in [5, 5.41) is 4.18. The first-order valence-electron chi connectivity index (χ1n) is 6.11. The van der Waals surface area contributed by atoms with Gasteiger partial charge in [-0.1, -0.05) is 18.2 Å². The Bertz CT molecular complexity index is 569. The standard InChI is InChI=1S/C14H19N3O/c1-9(2)17-14(15)16-8-12-10(3)18-13-7-5-4-6-11(12)13/h4-7,9H,8H2,1-3H3,(H3,15,16,17). The topological polar surface area (TPSA) is 63.5 Å². The van der Waals surface area contributed by atoms with Gasteiger partial charge in [0.05, 0.1) is 6.54 Å². The van der Waals surface area contributed by atoms with Crippen LogP contribution in [0.1, 0.15) is 25.2 Å². The second-order valence-corrected chi connectivity index (χ2v) is 4.63. The van der Waals surface area contributed by atoms with Gasteiger partial charge in [0.1, 0.15) is 11.3 Å². The molecule has 2 aromatic rings. The minimum absolute atomic E-state index is 0.288. The summed E-state index contributed by atoms with van der Waals surface area (Å²) in [5.74, 6) is 1.37. The van der Waals surface area contributed by atoms with E-state index in [1.54, 1.807) is 0 Å². The zero-order chi connectivity index (χ0) is 13.1. The van der Waals surface area contributed by atoms with E-state index in [0.29, 0.717) is 12.5 Å². The number of para-hydroxylation sites is 1. The zero-order valence-corrected chi connectivity index (χ0v) is 11.0. The average Bonchev–Trinajstić information content (AvgIpc) is 2.61. The fourth-order valence-corrected chi connectivity index (χ4v) is 1.92. The largest absolute Gasteiger partial charge is 0.461 e. The molecule has 1 aromatic heterocycles. The molecule has 0 aliphatic rings. The summed E-state index contributed by atoms with van der Waals surface area (Å²) in [7, 11) is 0. The Morgan fingerprint density at radius 2 is 2.11 bits per heavy atom. The molecule has 0 radical (unpaired) electrons. The summed E-state index contributed by atoms with van der Waals surface area (Å²) in [5.41, 5.74) is 7.79. The van der Waals surface area contributed by atoms with Gasteiger partial charge >= 0.3 is 0 Å².